The van der Waals surface area contributed by atoms with Gasteiger partial charge in [-0.05, 0) is 55.5 Å². The van der Waals surface area contributed by atoms with Crippen LogP contribution < -0.4 is 17.0 Å². The van der Waals surface area contributed by atoms with Crippen LogP contribution in [0.5, 0.6) is 0 Å². The van der Waals surface area contributed by atoms with Crippen molar-refractivity contribution in [2.24, 2.45) is 0 Å². The second-order valence-electron chi connectivity index (χ2n) is 7.36. The molecule has 0 amide bonds. The molecule has 2 aromatic carbocycles. The zero-order chi connectivity index (χ0) is 21.5. The average Bonchev–Trinajstić information content (AvgIpc) is 2.80. The van der Waals surface area contributed by atoms with E-state index in [0.717, 1.165) is 10.9 Å². The maximum Gasteiger partial charge on any atom is 0.337 e. The molecule has 0 radical (unpaired) electrons. The summed E-state index contributed by atoms with van der Waals surface area (Å²) in [5.74, 6) is 0. The summed E-state index contributed by atoms with van der Waals surface area (Å²) < 4.78 is 2.67. The zero-order valence-corrected chi connectivity index (χ0v) is 16.8. The van der Waals surface area contributed by atoms with Crippen molar-refractivity contribution in [2.45, 2.75) is 13.0 Å². The highest BCUT2D eigenvalue weighted by Gasteiger charge is 2.21. The molecule has 0 aliphatic rings. The Morgan fingerprint density at radius 2 is 1.68 bits per heavy atom. The van der Waals surface area contributed by atoms with Crippen molar-refractivity contribution in [3.8, 4) is 5.69 Å². The minimum atomic E-state index is -0.575. The van der Waals surface area contributed by atoms with E-state index in [2.05, 4.69) is 9.97 Å². The number of rotatable bonds is 3. The molecule has 5 rings (SSSR count). The van der Waals surface area contributed by atoms with Crippen LogP contribution in [0.25, 0.3) is 27.6 Å². The number of benzene rings is 2. The van der Waals surface area contributed by atoms with Gasteiger partial charge in [0.05, 0.1) is 28.3 Å². The third kappa shape index (κ3) is 3.07. The minimum Gasteiger partial charge on any atom is -0.399 e. The van der Waals surface area contributed by atoms with Crippen LogP contribution >= 0.6 is 0 Å². The Labute approximate surface area is 177 Å². The highest BCUT2D eigenvalue weighted by Crippen LogP contribution is 2.20. The van der Waals surface area contributed by atoms with E-state index in [1.54, 1.807) is 49.5 Å². The number of hydrogen-bond acceptors (Lipinski definition) is 5. The molecule has 0 saturated heterocycles. The topological polar surface area (TPSA) is 95.8 Å². The Morgan fingerprint density at radius 1 is 0.903 bits per heavy atom. The van der Waals surface area contributed by atoms with Crippen LogP contribution in [0.1, 0.15) is 18.7 Å². The van der Waals surface area contributed by atoms with Gasteiger partial charge < -0.3 is 5.73 Å². The summed E-state index contributed by atoms with van der Waals surface area (Å²) in [6.07, 6.45) is 1.56. The van der Waals surface area contributed by atoms with Gasteiger partial charge in [0.15, 0.2) is 5.65 Å². The molecule has 0 spiro atoms. The number of nitrogens with two attached hydrogens (primary N) is 1. The van der Waals surface area contributed by atoms with E-state index in [-0.39, 0.29) is 0 Å². The first-order valence-corrected chi connectivity index (χ1v) is 9.88. The minimum absolute atomic E-state index is 0.303. The first kappa shape index (κ1) is 18.7. The van der Waals surface area contributed by atoms with E-state index >= 15 is 0 Å². The van der Waals surface area contributed by atoms with Crippen LogP contribution in [-0.2, 0) is 0 Å². The number of nitrogens with zero attached hydrogens (tertiary/aromatic N) is 4. The van der Waals surface area contributed by atoms with Gasteiger partial charge in [-0.15, -0.1) is 0 Å². The predicted octanol–water partition coefficient (Wildman–Crippen LogP) is 3.29. The third-order valence-electron chi connectivity index (χ3n) is 5.43. The van der Waals surface area contributed by atoms with Crippen LogP contribution in [0.3, 0.4) is 0 Å². The van der Waals surface area contributed by atoms with Crippen molar-refractivity contribution >= 4 is 27.6 Å². The van der Waals surface area contributed by atoms with Gasteiger partial charge in [-0.1, -0.05) is 24.3 Å². The number of aromatic nitrogens is 4. The van der Waals surface area contributed by atoms with Crippen LogP contribution in [0, 0.1) is 0 Å². The van der Waals surface area contributed by atoms with Gasteiger partial charge in [-0.3, -0.25) is 14.3 Å². The van der Waals surface area contributed by atoms with E-state index in [9.17, 15) is 9.59 Å². The largest absolute Gasteiger partial charge is 0.399 e. The summed E-state index contributed by atoms with van der Waals surface area (Å²) in [7, 11) is 0. The molecule has 0 aliphatic carbocycles. The maximum atomic E-state index is 13.6. The summed E-state index contributed by atoms with van der Waals surface area (Å²) >= 11 is 0. The van der Waals surface area contributed by atoms with Crippen molar-refractivity contribution < 1.29 is 0 Å². The maximum absolute atomic E-state index is 13.6. The Bertz CT molecular complexity index is 1550. The van der Waals surface area contributed by atoms with Crippen LogP contribution in [-0.4, -0.2) is 19.1 Å². The van der Waals surface area contributed by atoms with Crippen molar-refractivity contribution in [3.63, 3.8) is 0 Å². The van der Waals surface area contributed by atoms with Gasteiger partial charge in [0.1, 0.15) is 0 Å². The first-order chi connectivity index (χ1) is 15.0. The Hall–Kier alpha value is -4.26. The average molecular weight is 409 g/mol. The number of hydrogen-bond donors (Lipinski definition) is 1. The molecule has 0 bridgehead atoms. The SMILES string of the molecule is CC(c1ccc2ccccc2n1)n1c(=O)c2cccnc2n(-c2ccc(N)cc2)c1=O. The number of fused-ring (bicyclic) bond motifs is 2. The lowest BCUT2D eigenvalue weighted by Crippen LogP contribution is -2.42. The zero-order valence-electron chi connectivity index (χ0n) is 16.8. The molecule has 7 nitrogen and oxygen atoms in total. The quantitative estimate of drug-likeness (QED) is 0.461. The molecule has 152 valence electrons. The number of para-hydroxylation sites is 1. The second-order valence-corrected chi connectivity index (χ2v) is 7.36. The fraction of sp³-hybridized carbons (Fsp3) is 0.0833. The molecule has 0 aliphatic heterocycles. The number of nitrogen functional groups attached to an aromatic ring is 1. The molecule has 0 saturated carbocycles. The molecular formula is C24H19N5O2. The summed E-state index contributed by atoms with van der Waals surface area (Å²) in [6.45, 7) is 1.80. The fourth-order valence-corrected chi connectivity index (χ4v) is 3.80. The smallest absolute Gasteiger partial charge is 0.337 e. The van der Waals surface area contributed by atoms with Gasteiger partial charge >= 0.3 is 5.69 Å². The highest BCUT2D eigenvalue weighted by molar-refractivity contribution is 5.78. The van der Waals surface area contributed by atoms with E-state index in [1.807, 2.05) is 36.4 Å². The lowest BCUT2D eigenvalue weighted by atomic mass is 10.1. The fourth-order valence-electron chi connectivity index (χ4n) is 3.80. The van der Waals surface area contributed by atoms with Crippen LogP contribution in [0.4, 0.5) is 5.69 Å². The van der Waals surface area contributed by atoms with Gasteiger partial charge in [-0.25, -0.2) is 14.3 Å². The highest BCUT2D eigenvalue weighted by atomic mass is 16.2. The Kier molecular flexibility index (Phi) is 4.36. The molecule has 31 heavy (non-hydrogen) atoms. The predicted molar refractivity (Wildman–Crippen MR) is 122 cm³/mol. The molecule has 1 unspecified atom stereocenters. The van der Waals surface area contributed by atoms with E-state index in [4.69, 9.17) is 5.73 Å². The van der Waals surface area contributed by atoms with Crippen LogP contribution in [0.15, 0.2) is 88.6 Å². The second kappa shape index (κ2) is 7.21. The van der Waals surface area contributed by atoms with Gasteiger partial charge in [0, 0.05) is 17.3 Å². The summed E-state index contributed by atoms with van der Waals surface area (Å²) in [6, 6.07) is 21.2. The summed E-state index contributed by atoms with van der Waals surface area (Å²) in [5, 5.41) is 1.35. The molecule has 3 aromatic heterocycles. The Morgan fingerprint density at radius 3 is 2.48 bits per heavy atom. The van der Waals surface area contributed by atoms with Gasteiger partial charge in [0.2, 0.25) is 0 Å². The van der Waals surface area contributed by atoms with E-state index < -0.39 is 17.3 Å². The van der Waals surface area contributed by atoms with E-state index in [0.29, 0.717) is 28.1 Å². The summed E-state index contributed by atoms with van der Waals surface area (Å²) in [5.41, 5.74) is 7.83. The molecular weight excluding hydrogens is 390 g/mol. The third-order valence-corrected chi connectivity index (χ3v) is 5.43. The van der Waals surface area contributed by atoms with Crippen molar-refractivity contribution in [2.75, 3.05) is 5.73 Å². The molecule has 0 fully saturated rings. The first-order valence-electron chi connectivity index (χ1n) is 9.88. The standard InChI is InChI=1S/C24H19N5O2/c1-15(20-13-8-16-5-2-3-7-21(16)27-20)28-23(30)19-6-4-14-26-22(19)29(24(28)31)18-11-9-17(25)10-12-18/h2-15H,25H2,1H3. The Balaban J connectivity index is 1.79. The van der Waals surface area contributed by atoms with Crippen molar-refractivity contribution in [1.82, 2.24) is 19.1 Å². The molecule has 2 N–H and O–H groups in total. The summed E-state index contributed by atoms with van der Waals surface area (Å²) in [4.78, 5) is 35.9. The van der Waals surface area contributed by atoms with Crippen molar-refractivity contribution in [1.29, 1.82) is 0 Å². The monoisotopic (exact) mass is 409 g/mol. The van der Waals surface area contributed by atoms with Gasteiger partial charge in [-0.2, -0.15) is 0 Å². The lowest BCUT2D eigenvalue weighted by Gasteiger charge is -2.18. The number of anilines is 1. The molecule has 5 aromatic rings. The van der Waals surface area contributed by atoms with E-state index in [1.165, 1.54) is 9.13 Å². The van der Waals surface area contributed by atoms with Gasteiger partial charge in [0.25, 0.3) is 5.56 Å². The number of pyridine rings is 2. The molecule has 7 heteroatoms. The molecule has 3 heterocycles. The molecule has 1 atom stereocenters. The van der Waals surface area contributed by atoms with Crippen LogP contribution in [0.2, 0.25) is 0 Å². The normalized spacial score (nSPS) is 12.3. The lowest BCUT2D eigenvalue weighted by molar-refractivity contribution is 0.560. The van der Waals surface area contributed by atoms with Crippen molar-refractivity contribution in [3.05, 3.63) is 106 Å².